The Morgan fingerprint density at radius 2 is 1.89 bits per heavy atom. The normalized spacial score (nSPS) is 17.9. The number of phenolic OH excluding ortho intramolecular Hbond substituents is 1. The Hall–Kier alpha value is -2.93. The minimum Gasteiger partial charge on any atom is -0.504 e. The van der Waals surface area contributed by atoms with Gasteiger partial charge in [0.2, 0.25) is 0 Å². The monoisotopic (exact) mass is 374 g/mol. The van der Waals surface area contributed by atoms with Crippen LogP contribution in [0.15, 0.2) is 30.3 Å². The van der Waals surface area contributed by atoms with Gasteiger partial charge in [0.05, 0.1) is 26.7 Å². The van der Waals surface area contributed by atoms with Crippen LogP contribution in [0.5, 0.6) is 23.0 Å². The minimum absolute atomic E-state index is 0.00514. The van der Waals surface area contributed by atoms with Crippen LogP contribution in [0.2, 0.25) is 0 Å². The molecule has 0 amide bonds. The number of aromatic hydroxyl groups is 1. The number of phenols is 1. The number of aliphatic hydroxyl groups is 1. The van der Waals surface area contributed by atoms with Gasteiger partial charge in [0.15, 0.2) is 23.0 Å². The second-order valence-electron chi connectivity index (χ2n) is 6.37. The first kappa shape index (κ1) is 18.8. The zero-order valence-corrected chi connectivity index (χ0v) is 15.1. The summed E-state index contributed by atoms with van der Waals surface area (Å²) in [7, 11) is 2.98. The fraction of sp³-hybridized carbons (Fsp3) is 0.350. The van der Waals surface area contributed by atoms with Gasteiger partial charge in [-0.1, -0.05) is 12.1 Å². The van der Waals surface area contributed by atoms with Crippen molar-refractivity contribution in [3.05, 3.63) is 47.0 Å². The van der Waals surface area contributed by atoms with E-state index in [1.165, 1.54) is 20.3 Å². The third-order valence-electron chi connectivity index (χ3n) is 4.73. The lowest BCUT2D eigenvalue weighted by Crippen LogP contribution is -2.13. The first-order valence-corrected chi connectivity index (χ1v) is 8.55. The van der Waals surface area contributed by atoms with Crippen molar-refractivity contribution in [1.29, 1.82) is 0 Å². The summed E-state index contributed by atoms with van der Waals surface area (Å²) in [5, 5.41) is 28.7. The lowest BCUT2D eigenvalue weighted by Gasteiger charge is -2.18. The molecule has 144 valence electrons. The van der Waals surface area contributed by atoms with Gasteiger partial charge in [-0.05, 0) is 35.7 Å². The molecule has 0 unspecified atom stereocenters. The number of aliphatic carboxylic acids is 1. The van der Waals surface area contributed by atoms with Gasteiger partial charge >= 0.3 is 5.97 Å². The standard InChI is InChI=1S/C20H22O7/c1-25-16-9-12(4-5-15(16)22)19-14(10-21)13-7-11(3-6-18(23)24)8-17(26-2)20(13)27-19/h4-5,7-9,14,19,21-22H,3,6,10H2,1-2H3,(H,23,24)/t14-,19+/m1/s1. The lowest BCUT2D eigenvalue weighted by molar-refractivity contribution is -0.136. The average Bonchev–Trinajstić information content (AvgIpc) is 3.04. The summed E-state index contributed by atoms with van der Waals surface area (Å²) in [5.74, 6) is 0.141. The van der Waals surface area contributed by atoms with Crippen LogP contribution in [-0.2, 0) is 11.2 Å². The SMILES string of the molecule is COc1cc([C@@H]2Oc3c(OC)cc(CCC(=O)O)cc3[C@H]2CO)ccc1O. The van der Waals surface area contributed by atoms with E-state index >= 15 is 0 Å². The highest BCUT2D eigenvalue weighted by Gasteiger charge is 2.38. The van der Waals surface area contributed by atoms with Gasteiger partial charge in [-0.15, -0.1) is 0 Å². The van der Waals surface area contributed by atoms with E-state index in [2.05, 4.69) is 0 Å². The molecule has 1 heterocycles. The highest BCUT2D eigenvalue weighted by Crippen LogP contribution is 2.51. The van der Waals surface area contributed by atoms with Crippen LogP contribution in [-0.4, -0.2) is 42.1 Å². The zero-order valence-electron chi connectivity index (χ0n) is 15.1. The molecule has 0 bridgehead atoms. The van der Waals surface area contributed by atoms with E-state index in [1.54, 1.807) is 18.2 Å². The Kier molecular flexibility index (Phi) is 5.41. The number of hydrogen-bond donors (Lipinski definition) is 3. The average molecular weight is 374 g/mol. The summed E-state index contributed by atoms with van der Waals surface area (Å²) in [6, 6.07) is 8.53. The smallest absolute Gasteiger partial charge is 0.303 e. The van der Waals surface area contributed by atoms with Crippen molar-refractivity contribution in [3.8, 4) is 23.0 Å². The number of rotatable bonds is 7. The summed E-state index contributed by atoms with van der Waals surface area (Å²) in [5.41, 5.74) is 2.32. The molecule has 0 radical (unpaired) electrons. The van der Waals surface area contributed by atoms with Crippen molar-refractivity contribution in [1.82, 2.24) is 0 Å². The number of methoxy groups -OCH3 is 2. The molecule has 7 nitrogen and oxygen atoms in total. The van der Waals surface area contributed by atoms with Gasteiger partial charge in [0, 0.05) is 12.0 Å². The van der Waals surface area contributed by atoms with Crippen molar-refractivity contribution >= 4 is 5.97 Å². The van der Waals surface area contributed by atoms with Crippen LogP contribution in [0.3, 0.4) is 0 Å². The van der Waals surface area contributed by atoms with Crippen LogP contribution in [0, 0.1) is 0 Å². The highest BCUT2D eigenvalue weighted by molar-refractivity contribution is 5.67. The van der Waals surface area contributed by atoms with Crippen LogP contribution in [0.4, 0.5) is 0 Å². The van der Waals surface area contributed by atoms with E-state index in [9.17, 15) is 15.0 Å². The van der Waals surface area contributed by atoms with Crippen molar-refractivity contribution in [2.45, 2.75) is 24.9 Å². The zero-order chi connectivity index (χ0) is 19.6. The van der Waals surface area contributed by atoms with Gasteiger partial charge in [-0.3, -0.25) is 4.79 Å². The van der Waals surface area contributed by atoms with Crippen molar-refractivity contribution in [3.63, 3.8) is 0 Å². The molecule has 1 aliphatic rings. The van der Waals surface area contributed by atoms with E-state index in [1.807, 2.05) is 6.07 Å². The predicted molar refractivity (Wildman–Crippen MR) is 96.8 cm³/mol. The topological polar surface area (TPSA) is 105 Å². The summed E-state index contributed by atoms with van der Waals surface area (Å²) in [6.07, 6.45) is -0.122. The number of benzene rings is 2. The number of carbonyl (C=O) groups is 1. The summed E-state index contributed by atoms with van der Waals surface area (Å²) < 4.78 is 16.7. The van der Waals surface area contributed by atoms with Crippen LogP contribution in [0.25, 0.3) is 0 Å². The van der Waals surface area contributed by atoms with Crippen LogP contribution in [0.1, 0.15) is 35.1 Å². The van der Waals surface area contributed by atoms with Gasteiger partial charge < -0.3 is 29.5 Å². The lowest BCUT2D eigenvalue weighted by atomic mass is 9.90. The predicted octanol–water partition coefficient (Wildman–Crippen LogP) is 2.64. The molecule has 0 aliphatic carbocycles. The van der Waals surface area contributed by atoms with E-state index in [0.29, 0.717) is 23.7 Å². The molecule has 3 rings (SSSR count). The number of hydrogen-bond acceptors (Lipinski definition) is 6. The minimum atomic E-state index is -0.876. The molecule has 7 heteroatoms. The maximum atomic E-state index is 10.9. The molecule has 2 atom stereocenters. The summed E-state index contributed by atoms with van der Waals surface area (Å²) in [4.78, 5) is 10.9. The Labute approximate surface area is 156 Å². The maximum Gasteiger partial charge on any atom is 0.303 e. The molecular formula is C20H22O7. The molecular weight excluding hydrogens is 352 g/mol. The molecule has 2 aromatic rings. The first-order valence-electron chi connectivity index (χ1n) is 8.55. The molecule has 0 aromatic heterocycles. The second kappa shape index (κ2) is 7.75. The summed E-state index contributed by atoms with van der Waals surface area (Å²) >= 11 is 0. The van der Waals surface area contributed by atoms with Gasteiger partial charge in [0.1, 0.15) is 6.10 Å². The van der Waals surface area contributed by atoms with E-state index in [4.69, 9.17) is 19.3 Å². The van der Waals surface area contributed by atoms with E-state index in [0.717, 1.165) is 16.7 Å². The van der Waals surface area contributed by atoms with E-state index in [-0.39, 0.29) is 24.7 Å². The molecule has 0 spiro atoms. The Bertz CT molecular complexity index is 846. The molecule has 1 aliphatic heterocycles. The molecule has 2 aromatic carbocycles. The molecule has 3 N–H and O–H groups in total. The molecule has 0 fully saturated rings. The number of fused-ring (bicyclic) bond motifs is 1. The third-order valence-corrected chi connectivity index (χ3v) is 4.73. The van der Waals surface area contributed by atoms with Crippen molar-refractivity contribution in [2.24, 2.45) is 0 Å². The van der Waals surface area contributed by atoms with E-state index < -0.39 is 12.1 Å². The van der Waals surface area contributed by atoms with Gasteiger partial charge in [-0.2, -0.15) is 0 Å². The number of carboxylic acid groups (broad SMARTS) is 1. The molecule has 0 saturated heterocycles. The Morgan fingerprint density at radius 3 is 2.52 bits per heavy atom. The summed E-state index contributed by atoms with van der Waals surface area (Å²) in [6.45, 7) is -0.160. The number of aryl methyl sites for hydroxylation is 1. The second-order valence-corrected chi connectivity index (χ2v) is 6.37. The Morgan fingerprint density at radius 1 is 1.15 bits per heavy atom. The van der Waals surface area contributed by atoms with Crippen molar-refractivity contribution < 1.29 is 34.3 Å². The van der Waals surface area contributed by atoms with Gasteiger partial charge in [-0.25, -0.2) is 0 Å². The molecule has 0 saturated carbocycles. The largest absolute Gasteiger partial charge is 0.504 e. The van der Waals surface area contributed by atoms with Crippen molar-refractivity contribution in [2.75, 3.05) is 20.8 Å². The Balaban J connectivity index is 1.99. The number of carboxylic acids is 1. The fourth-order valence-electron chi connectivity index (χ4n) is 3.37. The quantitative estimate of drug-likeness (QED) is 0.684. The van der Waals surface area contributed by atoms with Gasteiger partial charge in [0.25, 0.3) is 0 Å². The third kappa shape index (κ3) is 3.64. The highest BCUT2D eigenvalue weighted by atomic mass is 16.5. The number of aliphatic hydroxyl groups excluding tert-OH is 1. The molecule has 27 heavy (non-hydrogen) atoms. The maximum absolute atomic E-state index is 10.9. The first-order chi connectivity index (χ1) is 13.0. The number of ether oxygens (including phenoxy) is 3. The fourth-order valence-corrected chi connectivity index (χ4v) is 3.37. The van der Waals surface area contributed by atoms with Crippen LogP contribution >= 0.6 is 0 Å². The van der Waals surface area contributed by atoms with Crippen LogP contribution < -0.4 is 14.2 Å².